The first-order chi connectivity index (χ1) is 7.15. The predicted octanol–water partition coefficient (Wildman–Crippen LogP) is 0.310. The van der Waals surface area contributed by atoms with Crippen molar-refractivity contribution in [3.63, 3.8) is 0 Å². The number of ether oxygens (including phenoxy) is 2. The van der Waals surface area contributed by atoms with Crippen LogP contribution in [0.4, 0.5) is 0 Å². The second kappa shape index (κ2) is 8.49. The minimum Gasteiger partial charge on any atom is -0.464 e. The molecule has 0 aliphatic heterocycles. The van der Waals surface area contributed by atoms with Gasteiger partial charge < -0.3 is 14.8 Å². The molecule has 0 heterocycles. The van der Waals surface area contributed by atoms with E-state index in [0.717, 1.165) is 0 Å². The molecule has 0 aliphatic rings. The van der Waals surface area contributed by atoms with Crippen molar-refractivity contribution in [2.24, 2.45) is 0 Å². The third kappa shape index (κ3) is 6.30. The highest BCUT2D eigenvalue weighted by molar-refractivity contribution is 6.18. The number of halogens is 1. The highest BCUT2D eigenvalue weighted by atomic mass is 35.5. The summed E-state index contributed by atoms with van der Waals surface area (Å²) in [5.41, 5.74) is 0. The van der Waals surface area contributed by atoms with E-state index in [2.05, 4.69) is 10.1 Å². The molecule has 0 radical (unpaired) electrons. The largest absolute Gasteiger partial charge is 0.464 e. The van der Waals surface area contributed by atoms with E-state index in [-0.39, 0.29) is 25.0 Å². The fraction of sp³-hybridized carbons (Fsp3) is 0.778. The number of rotatable bonds is 7. The number of esters is 1. The van der Waals surface area contributed by atoms with Crippen LogP contribution in [0.5, 0.6) is 0 Å². The summed E-state index contributed by atoms with van der Waals surface area (Å²) < 4.78 is 9.41. The zero-order valence-electron chi connectivity index (χ0n) is 8.92. The van der Waals surface area contributed by atoms with Gasteiger partial charge in [-0.15, -0.1) is 11.6 Å². The van der Waals surface area contributed by atoms with Gasteiger partial charge in [0.25, 0.3) is 0 Å². The van der Waals surface area contributed by atoms with Crippen LogP contribution in [0.3, 0.4) is 0 Å². The van der Waals surface area contributed by atoms with Gasteiger partial charge in [-0.1, -0.05) is 0 Å². The first-order valence-corrected chi connectivity index (χ1v) is 5.20. The van der Waals surface area contributed by atoms with Gasteiger partial charge in [-0.2, -0.15) is 0 Å². The van der Waals surface area contributed by atoms with E-state index in [1.54, 1.807) is 6.92 Å². The maximum Gasteiger partial charge on any atom is 0.328 e. The van der Waals surface area contributed by atoms with Crippen LogP contribution in [-0.2, 0) is 19.1 Å². The fourth-order valence-corrected chi connectivity index (χ4v) is 1.19. The van der Waals surface area contributed by atoms with Crippen molar-refractivity contribution < 1.29 is 19.1 Å². The van der Waals surface area contributed by atoms with Crippen molar-refractivity contribution in [1.29, 1.82) is 0 Å². The first-order valence-electron chi connectivity index (χ1n) is 4.66. The van der Waals surface area contributed by atoms with E-state index in [9.17, 15) is 9.59 Å². The standard InChI is InChI=1S/C9H16ClNO4/c1-3-15-9(13)7(4-5-10)11-8(12)6-14-2/h7H,3-6H2,1-2H3,(H,11,12)/t7-/m0/s1. The van der Waals surface area contributed by atoms with Crippen molar-refractivity contribution in [2.75, 3.05) is 26.2 Å². The molecule has 0 saturated carbocycles. The summed E-state index contributed by atoms with van der Waals surface area (Å²) in [4.78, 5) is 22.5. The van der Waals surface area contributed by atoms with Gasteiger partial charge >= 0.3 is 5.97 Å². The Morgan fingerprint density at radius 1 is 1.47 bits per heavy atom. The van der Waals surface area contributed by atoms with E-state index in [4.69, 9.17) is 16.3 Å². The molecule has 1 N–H and O–H groups in total. The molecule has 0 aromatic heterocycles. The molecule has 5 nitrogen and oxygen atoms in total. The number of nitrogens with one attached hydrogen (secondary N) is 1. The number of hydrogen-bond acceptors (Lipinski definition) is 4. The number of carbonyl (C=O) groups is 2. The van der Waals surface area contributed by atoms with Crippen LogP contribution in [-0.4, -0.2) is 44.1 Å². The fourth-order valence-electron chi connectivity index (χ4n) is 0.968. The Balaban J connectivity index is 4.13. The van der Waals surface area contributed by atoms with Crippen molar-refractivity contribution in [1.82, 2.24) is 5.32 Å². The van der Waals surface area contributed by atoms with Crippen LogP contribution in [0.15, 0.2) is 0 Å². The maximum absolute atomic E-state index is 11.3. The molecule has 0 spiro atoms. The molecular formula is C9H16ClNO4. The third-order valence-electron chi connectivity index (χ3n) is 1.58. The van der Waals surface area contributed by atoms with Crippen molar-refractivity contribution in [3.8, 4) is 0 Å². The lowest BCUT2D eigenvalue weighted by Crippen LogP contribution is -2.43. The number of alkyl halides is 1. The molecule has 88 valence electrons. The van der Waals surface area contributed by atoms with Gasteiger partial charge in [0.15, 0.2) is 0 Å². The summed E-state index contributed by atoms with van der Waals surface area (Å²) in [5.74, 6) is -0.556. The molecule has 0 aliphatic carbocycles. The van der Waals surface area contributed by atoms with Gasteiger partial charge in [-0.05, 0) is 13.3 Å². The number of amides is 1. The van der Waals surface area contributed by atoms with E-state index in [1.165, 1.54) is 7.11 Å². The zero-order valence-corrected chi connectivity index (χ0v) is 9.67. The Morgan fingerprint density at radius 2 is 2.13 bits per heavy atom. The average Bonchev–Trinajstić information content (AvgIpc) is 2.18. The van der Waals surface area contributed by atoms with Crippen molar-refractivity contribution in [3.05, 3.63) is 0 Å². The van der Waals surface area contributed by atoms with Gasteiger partial charge in [0.05, 0.1) is 6.61 Å². The molecule has 0 saturated heterocycles. The van der Waals surface area contributed by atoms with Crippen molar-refractivity contribution >= 4 is 23.5 Å². The average molecular weight is 238 g/mol. The van der Waals surface area contributed by atoms with Gasteiger partial charge in [0.2, 0.25) is 5.91 Å². The summed E-state index contributed by atoms with van der Waals surface area (Å²) in [5, 5.41) is 2.48. The minimum absolute atomic E-state index is 0.0851. The Kier molecular flexibility index (Phi) is 8.04. The lowest BCUT2D eigenvalue weighted by Gasteiger charge is -2.15. The summed E-state index contributed by atoms with van der Waals surface area (Å²) in [7, 11) is 1.40. The Morgan fingerprint density at radius 3 is 2.60 bits per heavy atom. The zero-order chi connectivity index (χ0) is 11.7. The normalized spacial score (nSPS) is 11.9. The van der Waals surface area contributed by atoms with E-state index < -0.39 is 12.0 Å². The quantitative estimate of drug-likeness (QED) is 0.511. The number of carbonyl (C=O) groups excluding carboxylic acids is 2. The van der Waals surface area contributed by atoms with Crippen LogP contribution in [0.1, 0.15) is 13.3 Å². The summed E-state index contributed by atoms with van der Waals surface area (Å²) >= 11 is 5.51. The van der Waals surface area contributed by atoms with Crippen LogP contribution in [0.25, 0.3) is 0 Å². The van der Waals surface area contributed by atoms with Gasteiger partial charge in [-0.25, -0.2) is 4.79 Å². The molecule has 1 amide bonds. The first kappa shape index (κ1) is 14.2. The molecule has 1 atom stereocenters. The Hall–Kier alpha value is -0.810. The molecule has 15 heavy (non-hydrogen) atoms. The predicted molar refractivity (Wildman–Crippen MR) is 55.8 cm³/mol. The van der Waals surface area contributed by atoms with Crippen molar-refractivity contribution in [2.45, 2.75) is 19.4 Å². The second-order valence-electron chi connectivity index (χ2n) is 2.78. The topological polar surface area (TPSA) is 64.6 Å². The van der Waals surface area contributed by atoms with Crippen LogP contribution in [0, 0.1) is 0 Å². The smallest absolute Gasteiger partial charge is 0.328 e. The molecule has 0 aromatic rings. The monoisotopic (exact) mass is 237 g/mol. The second-order valence-corrected chi connectivity index (χ2v) is 3.16. The lowest BCUT2D eigenvalue weighted by atomic mass is 10.2. The number of hydrogen-bond donors (Lipinski definition) is 1. The van der Waals surface area contributed by atoms with E-state index >= 15 is 0 Å². The highest BCUT2D eigenvalue weighted by Crippen LogP contribution is 1.98. The van der Waals surface area contributed by atoms with Gasteiger partial charge in [0.1, 0.15) is 12.6 Å². The van der Waals surface area contributed by atoms with E-state index in [0.29, 0.717) is 6.42 Å². The molecule has 0 fully saturated rings. The third-order valence-corrected chi connectivity index (χ3v) is 1.80. The minimum atomic E-state index is -0.690. The lowest BCUT2D eigenvalue weighted by molar-refractivity contribution is -0.147. The summed E-state index contributed by atoms with van der Waals surface area (Å²) in [6, 6.07) is -0.690. The number of methoxy groups -OCH3 is 1. The summed E-state index contributed by atoms with van der Waals surface area (Å²) in [6.45, 7) is 1.89. The van der Waals surface area contributed by atoms with Gasteiger partial charge in [0, 0.05) is 13.0 Å². The SMILES string of the molecule is CCOC(=O)[C@H](CCCl)NC(=O)COC. The molecule has 6 heteroatoms. The van der Waals surface area contributed by atoms with E-state index in [1.807, 2.05) is 0 Å². The Bertz CT molecular complexity index is 210. The van der Waals surface area contributed by atoms with Crippen LogP contribution in [0.2, 0.25) is 0 Å². The highest BCUT2D eigenvalue weighted by Gasteiger charge is 2.20. The summed E-state index contributed by atoms with van der Waals surface area (Å²) in [6.07, 6.45) is 0.343. The molecular weight excluding hydrogens is 222 g/mol. The molecule has 0 rings (SSSR count). The van der Waals surface area contributed by atoms with Crippen LogP contribution < -0.4 is 5.32 Å². The van der Waals surface area contributed by atoms with Gasteiger partial charge in [-0.3, -0.25) is 4.79 Å². The molecule has 0 bridgehead atoms. The molecule has 0 aromatic carbocycles. The maximum atomic E-state index is 11.3. The Labute approximate surface area is 94.1 Å². The van der Waals surface area contributed by atoms with Crippen LogP contribution >= 0.6 is 11.6 Å². The molecule has 0 unspecified atom stereocenters.